The summed E-state index contributed by atoms with van der Waals surface area (Å²) in [6.07, 6.45) is 0. The summed E-state index contributed by atoms with van der Waals surface area (Å²) in [7, 11) is 0. The Morgan fingerprint density at radius 1 is 0.333 bits per heavy atom. The van der Waals surface area contributed by atoms with Gasteiger partial charge >= 0.3 is 0 Å². The zero-order valence-electron chi connectivity index (χ0n) is 31.2. The second kappa shape index (κ2) is 13.3. The van der Waals surface area contributed by atoms with Crippen molar-refractivity contribution >= 4 is 43.6 Å². The van der Waals surface area contributed by atoms with Gasteiger partial charge in [0.15, 0.2) is 17.5 Å². The molecule has 0 spiro atoms. The van der Waals surface area contributed by atoms with Crippen molar-refractivity contribution in [3.63, 3.8) is 0 Å². The predicted molar refractivity (Wildman–Crippen MR) is 235 cm³/mol. The van der Waals surface area contributed by atoms with E-state index in [1.165, 1.54) is 38.3 Å². The van der Waals surface area contributed by atoms with Crippen LogP contribution in [0.25, 0.3) is 100 Å². The van der Waals surface area contributed by atoms with E-state index >= 15 is 0 Å². The normalized spacial score (nSPS) is 11.6. The van der Waals surface area contributed by atoms with Crippen molar-refractivity contribution in [2.45, 2.75) is 6.92 Å². The van der Waals surface area contributed by atoms with Crippen molar-refractivity contribution in [2.24, 2.45) is 0 Å². The maximum absolute atomic E-state index is 5.21. The summed E-state index contributed by atoms with van der Waals surface area (Å²) in [5.74, 6) is 1.89. The standard InChI is InChI=1S/C52H35N5/c1-34-16-8-12-24-45(34)57-48-27-15-11-23-41(48)44-32-37(28-31-49(44)57)43-33-38(56-46-25-13-9-21-39(46)40-22-10-14-26-47(40)56)29-30-42(43)52-54-50(35-17-4-2-5-18-35)53-51(55-52)36-19-6-3-7-20-36/h2-33H,1H3. The number of benzene rings is 8. The Labute approximate surface area is 329 Å². The summed E-state index contributed by atoms with van der Waals surface area (Å²) < 4.78 is 4.77. The lowest BCUT2D eigenvalue weighted by Crippen LogP contribution is -2.02. The number of aryl methyl sites for hydroxylation is 1. The van der Waals surface area contributed by atoms with Gasteiger partial charge < -0.3 is 9.13 Å². The summed E-state index contributed by atoms with van der Waals surface area (Å²) in [5.41, 5.74) is 13.0. The molecule has 11 aromatic rings. The zero-order chi connectivity index (χ0) is 37.9. The largest absolute Gasteiger partial charge is 0.309 e. The molecule has 11 rings (SSSR count). The monoisotopic (exact) mass is 729 g/mol. The van der Waals surface area contributed by atoms with Gasteiger partial charge in [-0.2, -0.15) is 0 Å². The van der Waals surface area contributed by atoms with Gasteiger partial charge in [-0.05, 0) is 78.2 Å². The molecule has 0 aliphatic heterocycles. The first-order valence-corrected chi connectivity index (χ1v) is 19.3. The Hall–Kier alpha value is -7.63. The topological polar surface area (TPSA) is 48.5 Å². The van der Waals surface area contributed by atoms with Gasteiger partial charge in [-0.15, -0.1) is 0 Å². The van der Waals surface area contributed by atoms with Crippen molar-refractivity contribution in [2.75, 3.05) is 0 Å². The van der Waals surface area contributed by atoms with Crippen LogP contribution in [0.2, 0.25) is 0 Å². The van der Waals surface area contributed by atoms with Gasteiger partial charge in [-0.25, -0.2) is 15.0 Å². The minimum Gasteiger partial charge on any atom is -0.309 e. The van der Waals surface area contributed by atoms with E-state index in [-0.39, 0.29) is 0 Å². The minimum atomic E-state index is 0.619. The Morgan fingerprint density at radius 3 is 1.44 bits per heavy atom. The van der Waals surface area contributed by atoms with E-state index in [9.17, 15) is 0 Å². The quantitative estimate of drug-likeness (QED) is 0.171. The van der Waals surface area contributed by atoms with Gasteiger partial charge in [0, 0.05) is 49.6 Å². The summed E-state index contributed by atoms with van der Waals surface area (Å²) in [5, 5.41) is 4.84. The molecule has 3 heterocycles. The molecule has 0 unspecified atom stereocenters. The molecule has 5 nitrogen and oxygen atoms in total. The highest BCUT2D eigenvalue weighted by Crippen LogP contribution is 2.41. The Balaban J connectivity index is 1.20. The molecule has 0 amide bonds. The number of para-hydroxylation sites is 4. The highest BCUT2D eigenvalue weighted by atomic mass is 15.0. The summed E-state index contributed by atoms with van der Waals surface area (Å²) in [6, 6.07) is 68.5. The molecule has 3 aromatic heterocycles. The van der Waals surface area contributed by atoms with Crippen LogP contribution in [0.3, 0.4) is 0 Å². The molecular formula is C52H35N5. The number of hydrogen-bond acceptors (Lipinski definition) is 3. The number of rotatable bonds is 6. The third-order valence-electron chi connectivity index (χ3n) is 11.1. The van der Waals surface area contributed by atoms with Gasteiger partial charge in [-0.3, -0.25) is 0 Å². The van der Waals surface area contributed by atoms with Crippen molar-refractivity contribution in [1.29, 1.82) is 0 Å². The van der Waals surface area contributed by atoms with Crippen LogP contribution < -0.4 is 0 Å². The number of fused-ring (bicyclic) bond motifs is 6. The zero-order valence-corrected chi connectivity index (χ0v) is 31.2. The van der Waals surface area contributed by atoms with Crippen LogP contribution in [0.15, 0.2) is 194 Å². The molecule has 5 heteroatoms. The van der Waals surface area contributed by atoms with E-state index < -0.39 is 0 Å². The molecule has 0 fully saturated rings. The van der Waals surface area contributed by atoms with E-state index in [2.05, 4.69) is 174 Å². The fourth-order valence-electron chi connectivity index (χ4n) is 8.45. The Bertz CT molecular complexity index is 3190. The molecule has 0 radical (unpaired) electrons. The SMILES string of the molecule is Cc1ccccc1-n1c2ccccc2c2cc(-c3cc(-n4c5ccccc5c5ccccc54)ccc3-c3nc(-c4ccccc4)nc(-c4ccccc4)n3)ccc21. The summed E-state index contributed by atoms with van der Waals surface area (Å²) in [4.78, 5) is 15.4. The average molecular weight is 730 g/mol. The summed E-state index contributed by atoms with van der Waals surface area (Å²) >= 11 is 0. The lowest BCUT2D eigenvalue weighted by molar-refractivity contribution is 1.07. The molecule has 268 valence electrons. The lowest BCUT2D eigenvalue weighted by atomic mass is 9.96. The molecule has 0 aliphatic carbocycles. The van der Waals surface area contributed by atoms with Crippen LogP contribution in [0.1, 0.15) is 5.56 Å². The minimum absolute atomic E-state index is 0.619. The van der Waals surface area contributed by atoms with E-state index in [4.69, 9.17) is 15.0 Å². The van der Waals surface area contributed by atoms with Crippen molar-refractivity contribution in [1.82, 2.24) is 24.1 Å². The van der Waals surface area contributed by atoms with E-state index in [1.807, 2.05) is 36.4 Å². The summed E-state index contributed by atoms with van der Waals surface area (Å²) in [6.45, 7) is 2.18. The van der Waals surface area contributed by atoms with Crippen LogP contribution in [-0.4, -0.2) is 24.1 Å². The average Bonchev–Trinajstić information content (AvgIpc) is 3.79. The van der Waals surface area contributed by atoms with E-state index in [0.29, 0.717) is 17.5 Å². The molecule has 8 aromatic carbocycles. The molecule has 0 N–H and O–H groups in total. The molecule has 0 saturated carbocycles. The molecule has 0 aliphatic rings. The fourth-order valence-corrected chi connectivity index (χ4v) is 8.45. The smallest absolute Gasteiger partial charge is 0.164 e. The van der Waals surface area contributed by atoms with Crippen LogP contribution in [0, 0.1) is 6.92 Å². The van der Waals surface area contributed by atoms with E-state index in [1.54, 1.807) is 0 Å². The number of aromatic nitrogens is 5. The molecule has 57 heavy (non-hydrogen) atoms. The first-order valence-electron chi connectivity index (χ1n) is 19.3. The van der Waals surface area contributed by atoms with Crippen molar-refractivity contribution < 1.29 is 0 Å². The first-order chi connectivity index (χ1) is 28.2. The maximum atomic E-state index is 5.21. The molecular weight excluding hydrogens is 695 g/mol. The van der Waals surface area contributed by atoms with Gasteiger partial charge in [0.25, 0.3) is 0 Å². The van der Waals surface area contributed by atoms with Gasteiger partial charge in [0.2, 0.25) is 0 Å². The van der Waals surface area contributed by atoms with Crippen LogP contribution in [0.4, 0.5) is 0 Å². The number of nitrogens with zero attached hydrogens (tertiary/aromatic N) is 5. The van der Waals surface area contributed by atoms with Crippen LogP contribution >= 0.6 is 0 Å². The highest BCUT2D eigenvalue weighted by Gasteiger charge is 2.20. The third kappa shape index (κ3) is 5.43. The maximum Gasteiger partial charge on any atom is 0.164 e. The second-order valence-electron chi connectivity index (χ2n) is 14.5. The fraction of sp³-hybridized carbons (Fsp3) is 0.0192. The van der Waals surface area contributed by atoms with Gasteiger partial charge in [0.1, 0.15) is 0 Å². The highest BCUT2D eigenvalue weighted by molar-refractivity contribution is 6.11. The Kier molecular flexibility index (Phi) is 7.64. The van der Waals surface area contributed by atoms with Gasteiger partial charge in [0.05, 0.1) is 22.1 Å². The van der Waals surface area contributed by atoms with Crippen molar-refractivity contribution in [3.8, 4) is 56.7 Å². The molecule has 0 atom stereocenters. The third-order valence-corrected chi connectivity index (χ3v) is 11.1. The van der Waals surface area contributed by atoms with Crippen molar-refractivity contribution in [3.05, 3.63) is 200 Å². The molecule has 0 saturated heterocycles. The molecule has 0 bridgehead atoms. The van der Waals surface area contributed by atoms with E-state index in [0.717, 1.165) is 50.1 Å². The number of hydrogen-bond donors (Lipinski definition) is 0. The predicted octanol–water partition coefficient (Wildman–Crippen LogP) is 13.0. The Morgan fingerprint density at radius 2 is 0.825 bits per heavy atom. The van der Waals surface area contributed by atoms with Crippen LogP contribution in [-0.2, 0) is 0 Å². The first kappa shape index (κ1) is 32.8. The lowest BCUT2D eigenvalue weighted by Gasteiger charge is -2.16. The second-order valence-corrected chi connectivity index (χ2v) is 14.5. The van der Waals surface area contributed by atoms with Gasteiger partial charge in [-0.1, -0.05) is 140 Å². The van der Waals surface area contributed by atoms with Crippen LogP contribution in [0.5, 0.6) is 0 Å².